The molecule has 0 aliphatic carbocycles. The number of rotatable bonds is 68. The van der Waals surface area contributed by atoms with Crippen LogP contribution in [0.2, 0.25) is 0 Å². The Balaban J connectivity index is 0.00000140. The van der Waals surface area contributed by atoms with E-state index in [-0.39, 0.29) is 20.4 Å². The minimum Gasteiger partial charge on any atom is -0.493 e. The van der Waals surface area contributed by atoms with Crippen molar-refractivity contribution in [1.82, 2.24) is 0 Å². The molecule has 2 nitrogen and oxygen atoms in total. The van der Waals surface area contributed by atoms with Gasteiger partial charge in [-0.2, -0.15) is 12.8 Å². The fourth-order valence-corrected chi connectivity index (χ4v) is 14.4. The van der Waals surface area contributed by atoms with Crippen LogP contribution in [0.3, 0.4) is 0 Å². The molecule has 1 aliphatic heterocycles. The summed E-state index contributed by atoms with van der Waals surface area (Å²) >= 11 is 0. The van der Waals surface area contributed by atoms with Crippen LogP contribution < -0.4 is 0 Å². The summed E-state index contributed by atoms with van der Waals surface area (Å²) < 4.78 is 1.55. The molecular formula is C92H166N2Pd. The van der Waals surface area contributed by atoms with Crippen LogP contribution in [0.1, 0.15) is 488 Å². The monoisotopic (exact) mass is 1410 g/mol. The topological polar surface area (TPSA) is 25.3 Å². The third kappa shape index (κ3) is 55.5. The van der Waals surface area contributed by atoms with E-state index in [0.717, 1.165) is 73.9 Å². The normalized spacial score (nSPS) is 12.2. The molecule has 1 heterocycles. The van der Waals surface area contributed by atoms with Crippen LogP contribution in [-0.2, 0) is 33.3 Å². The van der Waals surface area contributed by atoms with Crippen molar-refractivity contribution in [2.45, 2.75) is 478 Å². The summed E-state index contributed by atoms with van der Waals surface area (Å²) in [6.45, 7) is 21.5. The minimum atomic E-state index is 0. The quantitative estimate of drug-likeness (QED) is 0.0273. The summed E-state index contributed by atoms with van der Waals surface area (Å²) in [4.78, 5) is 0. The van der Waals surface area contributed by atoms with E-state index in [2.05, 4.69) is 104 Å². The first-order valence-electron chi connectivity index (χ1n) is 43.2. The zero-order valence-electron chi connectivity index (χ0n) is 65.3. The van der Waals surface area contributed by atoms with Crippen molar-refractivity contribution in [1.29, 1.82) is 0 Å². The van der Waals surface area contributed by atoms with E-state index in [1.165, 1.54) is 408 Å². The second kappa shape index (κ2) is 74.9. The molecule has 0 atom stereocenters. The van der Waals surface area contributed by atoms with E-state index >= 15 is 0 Å². The van der Waals surface area contributed by atoms with E-state index < -0.39 is 0 Å². The Morgan fingerprint density at radius 1 is 0.242 bits per heavy atom. The Labute approximate surface area is 612 Å². The first-order valence-corrected chi connectivity index (χ1v) is 43.2. The van der Waals surface area contributed by atoms with Crippen molar-refractivity contribution in [3.63, 3.8) is 0 Å². The van der Waals surface area contributed by atoms with Gasteiger partial charge in [-0.3, -0.25) is 0 Å². The Bertz CT molecular complexity index is 1850. The molecule has 0 radical (unpaired) electrons. The third-order valence-electron chi connectivity index (χ3n) is 20.7. The zero-order chi connectivity index (χ0) is 67.9. The van der Waals surface area contributed by atoms with Crippen molar-refractivity contribution in [2.75, 3.05) is 0 Å². The van der Waals surface area contributed by atoms with Gasteiger partial charge in [0.05, 0.1) is 0 Å². The Kier molecular flexibility index (Phi) is 73.4. The summed E-state index contributed by atoms with van der Waals surface area (Å²) in [5.41, 5.74) is 21.6. The van der Waals surface area contributed by atoms with E-state index in [1.807, 2.05) is 0 Å². The van der Waals surface area contributed by atoms with Gasteiger partial charge >= 0.3 is 20.4 Å². The van der Waals surface area contributed by atoms with Crippen LogP contribution >= 0.6 is 0 Å². The van der Waals surface area contributed by atoms with Crippen LogP contribution in [0.5, 0.6) is 0 Å². The van der Waals surface area contributed by atoms with Gasteiger partial charge in [0, 0.05) is 22.3 Å². The van der Waals surface area contributed by atoms with Crippen LogP contribution in [0, 0.1) is 13.8 Å². The van der Waals surface area contributed by atoms with Gasteiger partial charge < -0.3 is 19.4 Å². The molecule has 2 aromatic carbocycles. The molecule has 3 rings (SSSR count). The number of benzene rings is 2. The molecule has 1 aliphatic rings. The van der Waals surface area contributed by atoms with Gasteiger partial charge in [0.25, 0.3) is 0 Å². The predicted octanol–water partition coefficient (Wildman–Crippen LogP) is 33.4. The standard InChI is InChI=1S/C34H48N2.2C29H59.Pd/c1-5-9-13-14-24-32-31(23-12-8-4)33(29-21-15-19-27(25-29)17-10-6-2)36(35)34(32)30-22-16-20-28(26-30)18-11-7-3;2*1-3-5-7-9-11-13-15-17-19-21-23-25-27-29-28-26-24-22-20-18-16-14-12-10-8-6-4-2;/h15-16,19-22,25-26H,5-14,17-18,23-24H2,1-4H3;2*1,3-29H2,2H3;/q;2*-1;+2. The van der Waals surface area contributed by atoms with Crippen molar-refractivity contribution < 1.29 is 25.1 Å². The Morgan fingerprint density at radius 3 is 0.653 bits per heavy atom. The molecule has 0 amide bonds. The smallest absolute Gasteiger partial charge is 0.493 e. The van der Waals surface area contributed by atoms with Gasteiger partial charge in [-0.05, 0) is 86.8 Å². The zero-order valence-corrected chi connectivity index (χ0v) is 66.9. The van der Waals surface area contributed by atoms with E-state index in [4.69, 9.17) is 0 Å². The molecule has 0 unspecified atom stereocenters. The third-order valence-corrected chi connectivity index (χ3v) is 20.7. The average Bonchev–Trinajstić information content (AvgIpc) is 1.61. The maximum absolute atomic E-state index is 11.8. The number of hydrogen-bond donors (Lipinski definition) is 0. The number of aryl methyl sites for hydroxylation is 2. The summed E-state index contributed by atoms with van der Waals surface area (Å²) in [5, 5.41) is 0. The van der Waals surface area contributed by atoms with Gasteiger partial charge in [-0.15, -0.1) is 0 Å². The Hall–Kier alpha value is -1.82. The molecule has 0 spiro atoms. The van der Waals surface area contributed by atoms with E-state index in [9.17, 15) is 5.53 Å². The first-order chi connectivity index (χ1) is 46.5. The second-order valence-corrected chi connectivity index (χ2v) is 29.9. The van der Waals surface area contributed by atoms with Gasteiger partial charge in [0.2, 0.25) is 11.4 Å². The van der Waals surface area contributed by atoms with Gasteiger partial charge in [-0.1, -0.05) is 438 Å². The van der Waals surface area contributed by atoms with Crippen molar-refractivity contribution in [2.24, 2.45) is 0 Å². The average molecular weight is 1410 g/mol. The number of allylic oxidation sites excluding steroid dienone is 2. The minimum absolute atomic E-state index is 0. The van der Waals surface area contributed by atoms with E-state index in [1.54, 1.807) is 4.70 Å². The van der Waals surface area contributed by atoms with Crippen LogP contribution in [0.25, 0.3) is 16.9 Å². The van der Waals surface area contributed by atoms with Gasteiger partial charge in [0.1, 0.15) is 0 Å². The van der Waals surface area contributed by atoms with E-state index in [0.29, 0.717) is 0 Å². The molecule has 0 saturated carbocycles. The van der Waals surface area contributed by atoms with Crippen LogP contribution in [0.15, 0.2) is 59.7 Å². The molecule has 0 saturated heterocycles. The first kappa shape index (κ1) is 93.2. The molecule has 95 heavy (non-hydrogen) atoms. The molecule has 2 aromatic rings. The van der Waals surface area contributed by atoms with Crippen molar-refractivity contribution >= 4 is 11.4 Å². The maximum Gasteiger partial charge on any atom is 2.00 e. The summed E-state index contributed by atoms with van der Waals surface area (Å²) in [5.74, 6) is 0. The molecule has 0 bridgehead atoms. The van der Waals surface area contributed by atoms with Crippen LogP contribution in [0.4, 0.5) is 0 Å². The van der Waals surface area contributed by atoms with Gasteiger partial charge in [0.15, 0.2) is 0 Å². The maximum atomic E-state index is 11.8. The number of hydrogen-bond acceptors (Lipinski definition) is 0. The van der Waals surface area contributed by atoms with Crippen molar-refractivity contribution in [3.8, 4) is 0 Å². The molecular weight excluding hydrogens is 1240 g/mol. The van der Waals surface area contributed by atoms with Crippen LogP contribution in [-0.4, -0.2) is 4.70 Å². The van der Waals surface area contributed by atoms with Gasteiger partial charge in [-0.25, -0.2) is 4.70 Å². The fourth-order valence-electron chi connectivity index (χ4n) is 14.4. The number of nitrogens with zero attached hydrogens (tertiary/aromatic N) is 2. The summed E-state index contributed by atoms with van der Waals surface area (Å²) in [6.07, 6.45) is 94.8. The fraction of sp³-hybridized carbons (Fsp3) is 0.804. The summed E-state index contributed by atoms with van der Waals surface area (Å²) in [6, 6.07) is 17.8. The number of unbranched alkanes of at least 4 members (excludes halogenated alkanes) is 58. The molecule has 3 heteroatoms. The van der Waals surface area contributed by atoms with Crippen molar-refractivity contribution in [3.05, 3.63) is 101 Å². The SMILES string of the molecule is CCCCCCC1=C(c2cccc(CCCC)c2)[N+](=[N-])C(c2cccc(CCCC)c2)=C1CCCC.[CH2-]CCCCCCCCCCCCCCCCCCCCCCCCCCCC.[CH2-]CCCCCCCCCCCCCCCCCCCCCCCCCCCC.[Pd+2]. The Morgan fingerprint density at radius 2 is 0.432 bits per heavy atom. The summed E-state index contributed by atoms with van der Waals surface area (Å²) in [7, 11) is 0. The molecule has 0 aromatic heterocycles. The predicted molar refractivity (Wildman–Crippen MR) is 427 cm³/mol. The largest absolute Gasteiger partial charge is 2.00 e. The molecule has 0 fully saturated rings. The second-order valence-electron chi connectivity index (χ2n) is 29.9. The molecule has 554 valence electrons. The molecule has 0 N–H and O–H groups in total.